The maximum absolute atomic E-state index is 13.9. The Morgan fingerprint density at radius 3 is 2.20 bits per heavy atom. The van der Waals surface area contributed by atoms with Gasteiger partial charge in [0.2, 0.25) is 5.76 Å². The molecule has 0 aromatic heterocycles. The van der Waals surface area contributed by atoms with Crippen LogP contribution in [0.15, 0.2) is 95.5 Å². The Labute approximate surface area is 283 Å². The van der Waals surface area contributed by atoms with E-state index in [-0.39, 0.29) is 24.0 Å². The summed E-state index contributed by atoms with van der Waals surface area (Å²) in [6, 6.07) is 17.2. The SMILES string of the molecule is C/C=C/C1=C(C)C(=O)C(OP(=O)(OCCC#N)OC[C@H](O)[C@H]2OC(=O)C(OC(=O)c3ccccc3)=C2OC(=O)c2ccccc2)CC1(C)C. The van der Waals surface area contributed by atoms with E-state index in [1.54, 1.807) is 49.4 Å². The number of nitrogens with zero attached hydrogens (tertiary/aromatic N) is 1. The fourth-order valence-electron chi connectivity index (χ4n) is 5.22. The zero-order valence-electron chi connectivity index (χ0n) is 27.3. The number of ketones is 1. The molecule has 4 rings (SSSR count). The predicted molar refractivity (Wildman–Crippen MR) is 172 cm³/mol. The topological polar surface area (TPSA) is 185 Å². The van der Waals surface area contributed by atoms with Gasteiger partial charge in [-0.2, -0.15) is 5.26 Å². The average Bonchev–Trinajstić information content (AvgIpc) is 3.39. The third-order valence-corrected chi connectivity index (χ3v) is 9.09. The largest absolute Gasteiger partial charge is 0.475 e. The van der Waals surface area contributed by atoms with Crippen molar-refractivity contribution >= 4 is 31.5 Å². The predicted octanol–water partition coefficient (Wildman–Crippen LogP) is 5.53. The minimum Gasteiger partial charge on any atom is -0.445 e. The van der Waals surface area contributed by atoms with Crippen LogP contribution >= 0.6 is 7.82 Å². The average molecular weight is 694 g/mol. The molecule has 0 bridgehead atoms. The summed E-state index contributed by atoms with van der Waals surface area (Å²) < 4.78 is 46.3. The number of allylic oxidation sites excluding steroid dienone is 3. The zero-order chi connectivity index (χ0) is 35.8. The summed E-state index contributed by atoms with van der Waals surface area (Å²) in [6.07, 6.45) is -1.40. The molecule has 14 heteroatoms. The molecule has 0 radical (unpaired) electrons. The summed E-state index contributed by atoms with van der Waals surface area (Å²) in [4.78, 5) is 52.1. The molecule has 0 amide bonds. The molecular weight excluding hydrogens is 657 g/mol. The molecule has 1 heterocycles. The molecule has 0 saturated carbocycles. The van der Waals surface area contributed by atoms with Crippen LogP contribution in [0, 0.1) is 16.7 Å². The van der Waals surface area contributed by atoms with Gasteiger partial charge in [0, 0.05) is 0 Å². The number of carbonyl (C=O) groups is 4. The van der Waals surface area contributed by atoms with Gasteiger partial charge in [0.25, 0.3) is 5.76 Å². The summed E-state index contributed by atoms with van der Waals surface area (Å²) in [7, 11) is -4.68. The van der Waals surface area contributed by atoms with Crippen molar-refractivity contribution in [1.82, 2.24) is 0 Å². The first-order valence-corrected chi connectivity index (χ1v) is 16.8. The molecule has 0 fully saturated rings. The van der Waals surface area contributed by atoms with Gasteiger partial charge in [-0.1, -0.05) is 62.4 Å². The Morgan fingerprint density at radius 1 is 1.04 bits per heavy atom. The summed E-state index contributed by atoms with van der Waals surface area (Å²) >= 11 is 0. The number of hydrogen-bond donors (Lipinski definition) is 1. The normalized spacial score (nSPS) is 20.8. The Kier molecular flexibility index (Phi) is 12.2. The fourth-order valence-corrected chi connectivity index (χ4v) is 6.55. The summed E-state index contributed by atoms with van der Waals surface area (Å²) in [5.41, 5.74) is 0.749. The lowest BCUT2D eigenvalue weighted by Gasteiger charge is -2.37. The fraction of sp³-hybridized carbons (Fsp3) is 0.343. The molecule has 2 aromatic rings. The Balaban J connectivity index is 1.59. The first kappa shape index (κ1) is 37.1. The van der Waals surface area contributed by atoms with Gasteiger partial charge in [-0.15, -0.1) is 0 Å². The Hall–Kier alpha value is -4.70. The van der Waals surface area contributed by atoms with E-state index < -0.39 is 80.0 Å². The number of carbonyl (C=O) groups excluding carboxylic acids is 4. The number of phosphoric acid groups is 1. The van der Waals surface area contributed by atoms with Gasteiger partial charge < -0.3 is 19.3 Å². The highest BCUT2D eigenvalue weighted by Gasteiger charge is 2.47. The van der Waals surface area contributed by atoms with Crippen LogP contribution in [-0.4, -0.2) is 60.3 Å². The second-order valence-electron chi connectivity index (χ2n) is 11.7. The molecule has 1 aliphatic heterocycles. The van der Waals surface area contributed by atoms with Crippen molar-refractivity contribution in [2.75, 3.05) is 13.2 Å². The number of phosphoric ester groups is 1. The molecule has 2 unspecified atom stereocenters. The number of cyclic esters (lactones) is 1. The van der Waals surface area contributed by atoms with E-state index >= 15 is 0 Å². The number of Topliss-reactive ketones (excluding diaryl/α,β-unsaturated/α-hetero) is 1. The van der Waals surface area contributed by atoms with Crippen molar-refractivity contribution in [3.05, 3.63) is 107 Å². The number of esters is 3. The van der Waals surface area contributed by atoms with E-state index in [9.17, 15) is 28.8 Å². The molecule has 2 aromatic carbocycles. The van der Waals surface area contributed by atoms with Crippen LogP contribution in [-0.2, 0) is 41.9 Å². The minimum absolute atomic E-state index is 0.0679. The van der Waals surface area contributed by atoms with Crippen LogP contribution in [0.5, 0.6) is 0 Å². The maximum atomic E-state index is 13.9. The van der Waals surface area contributed by atoms with Crippen LogP contribution < -0.4 is 0 Å². The van der Waals surface area contributed by atoms with Crippen molar-refractivity contribution < 1.29 is 56.6 Å². The highest BCUT2D eigenvalue weighted by molar-refractivity contribution is 7.48. The van der Waals surface area contributed by atoms with Crippen molar-refractivity contribution in [3.63, 3.8) is 0 Å². The minimum atomic E-state index is -4.68. The number of nitriles is 1. The van der Waals surface area contributed by atoms with Crippen LogP contribution in [0.4, 0.5) is 0 Å². The molecule has 0 saturated heterocycles. The standard InChI is InChI=1S/C35H36NO12P/c1-5-13-25-22(2)28(38)27(20-35(25,3)4)48-49(42,43-19-12-18-36)44-21-26(37)29-30(46-32(39)23-14-8-6-9-15-23)31(34(41)45-29)47-33(40)24-16-10-7-11-17-24/h5-11,13-17,26-27,29,37H,12,19-21H2,1-4H3/b13-5+/t26-,27?,29+,49?/m0/s1. The molecule has 2 aliphatic rings. The van der Waals surface area contributed by atoms with E-state index in [4.69, 9.17) is 33.0 Å². The lowest BCUT2D eigenvalue weighted by Crippen LogP contribution is -2.38. The van der Waals surface area contributed by atoms with E-state index in [0.717, 1.165) is 5.57 Å². The molecule has 13 nitrogen and oxygen atoms in total. The van der Waals surface area contributed by atoms with Crippen molar-refractivity contribution in [2.45, 2.75) is 58.8 Å². The van der Waals surface area contributed by atoms with Gasteiger partial charge in [0.1, 0.15) is 12.2 Å². The zero-order valence-corrected chi connectivity index (χ0v) is 28.2. The molecule has 49 heavy (non-hydrogen) atoms. The van der Waals surface area contributed by atoms with Gasteiger partial charge in [0.15, 0.2) is 11.9 Å². The molecule has 258 valence electrons. The van der Waals surface area contributed by atoms with Crippen LogP contribution in [0.3, 0.4) is 0 Å². The highest BCUT2D eigenvalue weighted by Crippen LogP contribution is 2.54. The molecule has 1 aliphatic carbocycles. The highest BCUT2D eigenvalue weighted by atomic mass is 31.2. The van der Waals surface area contributed by atoms with Gasteiger partial charge in [-0.05, 0) is 61.1 Å². The van der Waals surface area contributed by atoms with E-state index in [0.29, 0.717) is 5.57 Å². The second-order valence-corrected chi connectivity index (χ2v) is 13.3. The summed E-state index contributed by atoms with van der Waals surface area (Å²) in [5, 5.41) is 20.2. The third kappa shape index (κ3) is 9.06. The molecule has 0 spiro atoms. The number of aliphatic hydroxyl groups excluding tert-OH is 1. The molecule has 1 N–H and O–H groups in total. The first-order chi connectivity index (χ1) is 23.3. The first-order valence-electron chi connectivity index (χ1n) is 15.3. The van der Waals surface area contributed by atoms with E-state index in [1.807, 2.05) is 32.9 Å². The summed E-state index contributed by atoms with van der Waals surface area (Å²) in [5.74, 6) is -5.05. The van der Waals surface area contributed by atoms with Crippen molar-refractivity contribution in [1.29, 1.82) is 5.26 Å². The number of aliphatic hydroxyl groups is 1. The van der Waals surface area contributed by atoms with E-state index in [2.05, 4.69) is 0 Å². The van der Waals surface area contributed by atoms with Crippen LogP contribution in [0.1, 0.15) is 61.3 Å². The number of rotatable bonds is 14. The smallest absolute Gasteiger partial charge is 0.445 e. The maximum Gasteiger partial charge on any atom is 0.475 e. The van der Waals surface area contributed by atoms with Gasteiger partial charge in [-0.3, -0.25) is 18.4 Å². The third-order valence-electron chi connectivity index (χ3n) is 7.61. The van der Waals surface area contributed by atoms with Gasteiger partial charge >= 0.3 is 25.7 Å². The Bertz CT molecular complexity index is 1760. The number of ether oxygens (including phenoxy) is 3. The monoisotopic (exact) mass is 693 g/mol. The van der Waals surface area contributed by atoms with Crippen molar-refractivity contribution in [2.24, 2.45) is 5.41 Å². The van der Waals surface area contributed by atoms with E-state index in [1.165, 1.54) is 24.3 Å². The molecular formula is C35H36NO12P. The number of hydrogen-bond acceptors (Lipinski definition) is 13. The lowest BCUT2D eigenvalue weighted by molar-refractivity contribution is -0.148. The van der Waals surface area contributed by atoms with Crippen LogP contribution in [0.25, 0.3) is 0 Å². The van der Waals surface area contributed by atoms with Crippen LogP contribution in [0.2, 0.25) is 0 Å². The van der Waals surface area contributed by atoms with Gasteiger partial charge in [0.05, 0.1) is 36.8 Å². The molecule has 4 atom stereocenters. The Morgan fingerprint density at radius 2 is 1.63 bits per heavy atom. The summed E-state index contributed by atoms with van der Waals surface area (Å²) in [6.45, 7) is 5.93. The number of benzene rings is 2. The van der Waals surface area contributed by atoms with Gasteiger partial charge in [-0.25, -0.2) is 18.9 Å². The van der Waals surface area contributed by atoms with Crippen molar-refractivity contribution in [3.8, 4) is 6.07 Å². The lowest BCUT2D eigenvalue weighted by atomic mass is 9.71. The quantitative estimate of drug-likeness (QED) is 0.113. The second kappa shape index (κ2) is 16.1.